The molecule has 0 radical (unpaired) electrons. The van der Waals surface area contributed by atoms with Gasteiger partial charge in [-0.2, -0.15) is 0 Å². The van der Waals surface area contributed by atoms with Crippen LogP contribution in [-0.2, 0) is 17.6 Å². The molecule has 22 heavy (non-hydrogen) atoms. The molecule has 0 aromatic carbocycles. The van der Waals surface area contributed by atoms with E-state index < -0.39 is 17.6 Å². The molecule has 1 aromatic rings. The van der Waals surface area contributed by atoms with E-state index in [2.05, 4.69) is 5.32 Å². The van der Waals surface area contributed by atoms with Gasteiger partial charge >= 0.3 is 6.09 Å². The molecule has 6 heteroatoms. The number of hydrogen-bond donors (Lipinski definition) is 1. The van der Waals surface area contributed by atoms with Gasteiger partial charge in [0.1, 0.15) is 10.6 Å². The van der Waals surface area contributed by atoms with E-state index in [1.807, 2.05) is 0 Å². The molecule has 1 amide bonds. The van der Waals surface area contributed by atoms with E-state index in [1.165, 1.54) is 11.3 Å². The summed E-state index contributed by atoms with van der Waals surface area (Å²) in [5.41, 5.74) is 1.09. The number of carbonyl (C=O) groups excluding carboxylic acids is 1. The summed E-state index contributed by atoms with van der Waals surface area (Å²) >= 11 is 1.46. The van der Waals surface area contributed by atoms with Crippen molar-refractivity contribution in [2.45, 2.75) is 70.3 Å². The molecular formula is C16H21F2NO2S. The van der Waals surface area contributed by atoms with E-state index in [1.54, 1.807) is 20.8 Å². The van der Waals surface area contributed by atoms with Crippen molar-refractivity contribution < 1.29 is 18.3 Å². The number of thiophene rings is 1. The Morgan fingerprint density at radius 3 is 2.59 bits per heavy atom. The van der Waals surface area contributed by atoms with Crippen molar-refractivity contribution in [3.8, 4) is 0 Å². The summed E-state index contributed by atoms with van der Waals surface area (Å²) < 4.78 is 32.7. The zero-order valence-corrected chi connectivity index (χ0v) is 13.9. The summed E-state index contributed by atoms with van der Waals surface area (Å²) in [6, 6.07) is 0. The molecular weight excluding hydrogens is 308 g/mol. The van der Waals surface area contributed by atoms with Crippen LogP contribution in [0.25, 0.3) is 0 Å². The molecule has 0 saturated heterocycles. The number of rotatable bonds is 2. The Hall–Kier alpha value is -1.17. The number of carbonyl (C=O) groups is 1. The van der Waals surface area contributed by atoms with Crippen LogP contribution in [0.3, 0.4) is 0 Å². The standard InChI is InChI=1S/C16H21F2NO2S/c1-15(2,3)21-14(20)19-13-10-6-7-16(17,18)8-11(10)12(22-13)9-4-5-9/h9H,4-8H2,1-3H3,(H,19,20). The Bertz CT molecular complexity index is 600. The van der Waals surface area contributed by atoms with Crippen molar-refractivity contribution in [2.75, 3.05) is 5.32 Å². The van der Waals surface area contributed by atoms with Crippen LogP contribution in [0.2, 0.25) is 0 Å². The van der Waals surface area contributed by atoms with Gasteiger partial charge in [-0.1, -0.05) is 0 Å². The molecule has 0 unspecified atom stereocenters. The highest BCUT2D eigenvalue weighted by atomic mass is 32.1. The average molecular weight is 329 g/mol. The van der Waals surface area contributed by atoms with E-state index in [9.17, 15) is 13.6 Å². The van der Waals surface area contributed by atoms with Crippen LogP contribution in [0.1, 0.15) is 62.0 Å². The van der Waals surface area contributed by atoms with E-state index in [4.69, 9.17) is 4.74 Å². The lowest BCUT2D eigenvalue weighted by molar-refractivity contribution is -0.0121. The third-order valence-corrected chi connectivity index (χ3v) is 5.24. The third kappa shape index (κ3) is 3.42. The van der Waals surface area contributed by atoms with Crippen LogP contribution in [0.15, 0.2) is 0 Å². The highest BCUT2D eigenvalue weighted by Crippen LogP contribution is 2.52. The second-order valence-corrected chi connectivity index (χ2v) is 8.24. The largest absolute Gasteiger partial charge is 0.444 e. The molecule has 1 heterocycles. The molecule has 0 aliphatic heterocycles. The van der Waals surface area contributed by atoms with E-state index in [0.29, 0.717) is 17.3 Å². The number of amides is 1. The molecule has 122 valence electrons. The quantitative estimate of drug-likeness (QED) is 0.820. The first kappa shape index (κ1) is 15.7. The number of ether oxygens (including phenoxy) is 1. The maximum Gasteiger partial charge on any atom is 0.412 e. The summed E-state index contributed by atoms with van der Waals surface area (Å²) in [4.78, 5) is 13.0. The molecule has 1 saturated carbocycles. The number of alkyl halides is 2. The molecule has 3 nitrogen and oxygen atoms in total. The number of halogens is 2. The van der Waals surface area contributed by atoms with E-state index in [-0.39, 0.29) is 12.8 Å². The highest BCUT2D eigenvalue weighted by Gasteiger charge is 2.41. The van der Waals surface area contributed by atoms with E-state index >= 15 is 0 Å². The molecule has 0 bridgehead atoms. The topological polar surface area (TPSA) is 38.3 Å². The zero-order chi connectivity index (χ0) is 16.1. The minimum atomic E-state index is -2.62. The second-order valence-electron chi connectivity index (χ2n) is 7.19. The summed E-state index contributed by atoms with van der Waals surface area (Å²) in [6.07, 6.45) is 1.58. The lowest BCUT2D eigenvalue weighted by Gasteiger charge is -2.24. The number of hydrogen-bond acceptors (Lipinski definition) is 3. The van der Waals surface area contributed by atoms with Crippen molar-refractivity contribution in [2.24, 2.45) is 0 Å². The van der Waals surface area contributed by atoms with Gasteiger partial charge in [0.25, 0.3) is 5.92 Å². The van der Waals surface area contributed by atoms with E-state index in [0.717, 1.165) is 28.8 Å². The number of anilines is 1. The van der Waals surface area contributed by atoms with Crippen LogP contribution in [0, 0.1) is 0 Å². The lowest BCUT2D eigenvalue weighted by Crippen LogP contribution is -2.28. The fraction of sp³-hybridized carbons (Fsp3) is 0.688. The molecule has 0 atom stereocenters. The lowest BCUT2D eigenvalue weighted by atomic mass is 9.89. The smallest absolute Gasteiger partial charge is 0.412 e. The second kappa shape index (κ2) is 5.18. The predicted molar refractivity (Wildman–Crippen MR) is 83.1 cm³/mol. The van der Waals surface area contributed by atoms with Gasteiger partial charge in [0, 0.05) is 17.7 Å². The molecule has 2 aliphatic carbocycles. The van der Waals surface area contributed by atoms with Crippen LogP contribution in [-0.4, -0.2) is 17.6 Å². The minimum Gasteiger partial charge on any atom is -0.444 e. The Morgan fingerprint density at radius 2 is 2.00 bits per heavy atom. The van der Waals surface area contributed by atoms with Crippen molar-refractivity contribution in [1.82, 2.24) is 0 Å². The van der Waals surface area contributed by atoms with Crippen LogP contribution in [0.5, 0.6) is 0 Å². The summed E-state index contributed by atoms with van der Waals surface area (Å²) in [6.45, 7) is 5.39. The molecule has 1 N–H and O–H groups in total. The summed E-state index contributed by atoms with van der Waals surface area (Å²) in [5, 5.41) is 3.47. The zero-order valence-electron chi connectivity index (χ0n) is 13.1. The molecule has 1 fully saturated rings. The van der Waals surface area contributed by atoms with Gasteiger partial charge in [0.2, 0.25) is 0 Å². The summed E-state index contributed by atoms with van der Waals surface area (Å²) in [7, 11) is 0. The van der Waals surface area contributed by atoms with Gasteiger partial charge in [-0.25, -0.2) is 13.6 Å². The van der Waals surface area contributed by atoms with Gasteiger partial charge < -0.3 is 4.74 Å². The Morgan fingerprint density at radius 1 is 1.32 bits per heavy atom. The fourth-order valence-electron chi connectivity index (χ4n) is 2.80. The van der Waals surface area contributed by atoms with Crippen molar-refractivity contribution in [1.29, 1.82) is 0 Å². The minimum absolute atomic E-state index is 0.149. The average Bonchev–Trinajstić information content (AvgIpc) is 3.11. The van der Waals surface area contributed by atoms with Crippen LogP contribution >= 0.6 is 11.3 Å². The number of fused-ring (bicyclic) bond motifs is 1. The Labute approximate surface area is 133 Å². The van der Waals surface area contributed by atoms with Crippen molar-refractivity contribution in [3.63, 3.8) is 0 Å². The number of nitrogens with one attached hydrogen (secondary N) is 1. The molecule has 3 rings (SSSR count). The maximum absolute atomic E-state index is 13.7. The maximum atomic E-state index is 13.7. The summed E-state index contributed by atoms with van der Waals surface area (Å²) in [5.74, 6) is -2.22. The Kier molecular flexibility index (Phi) is 3.70. The highest BCUT2D eigenvalue weighted by molar-refractivity contribution is 7.16. The first-order valence-electron chi connectivity index (χ1n) is 7.67. The fourth-order valence-corrected chi connectivity index (χ4v) is 4.23. The van der Waals surface area contributed by atoms with Crippen molar-refractivity contribution in [3.05, 3.63) is 16.0 Å². The van der Waals surface area contributed by atoms with Crippen LogP contribution < -0.4 is 5.32 Å². The van der Waals surface area contributed by atoms with Gasteiger partial charge in [0.05, 0.1) is 0 Å². The molecule has 1 aromatic heterocycles. The van der Waals surface area contributed by atoms with Gasteiger partial charge in [-0.05, 0) is 57.1 Å². The Balaban J connectivity index is 1.85. The normalized spacial score (nSPS) is 20.4. The van der Waals surface area contributed by atoms with Crippen LogP contribution in [0.4, 0.5) is 18.6 Å². The predicted octanol–water partition coefficient (Wildman–Crippen LogP) is 5.10. The third-order valence-electron chi connectivity index (χ3n) is 3.89. The molecule has 2 aliphatic rings. The monoisotopic (exact) mass is 329 g/mol. The SMILES string of the molecule is CC(C)(C)OC(=O)Nc1sc(C2CC2)c2c1CCC(F)(F)C2. The van der Waals surface area contributed by atoms with Gasteiger partial charge in [-0.15, -0.1) is 11.3 Å². The van der Waals surface area contributed by atoms with Gasteiger partial charge in [0.15, 0.2) is 0 Å². The first-order chi connectivity index (χ1) is 10.1. The van der Waals surface area contributed by atoms with Gasteiger partial charge in [-0.3, -0.25) is 5.32 Å². The molecule has 0 spiro atoms. The first-order valence-corrected chi connectivity index (χ1v) is 8.48. The van der Waals surface area contributed by atoms with Crippen molar-refractivity contribution >= 4 is 22.4 Å².